The molecule has 0 bridgehead atoms. The van der Waals surface area contributed by atoms with Crippen molar-refractivity contribution in [1.82, 2.24) is 10.2 Å². The molecule has 0 unspecified atom stereocenters. The fourth-order valence-corrected chi connectivity index (χ4v) is 3.95. The summed E-state index contributed by atoms with van der Waals surface area (Å²) < 4.78 is 35.5. The van der Waals surface area contributed by atoms with Crippen molar-refractivity contribution in [3.63, 3.8) is 0 Å². The van der Waals surface area contributed by atoms with Crippen molar-refractivity contribution in [2.75, 3.05) is 19.6 Å². The highest BCUT2D eigenvalue weighted by Gasteiger charge is 2.43. The number of nitrogens with zero attached hydrogens (tertiary/aromatic N) is 1. The Kier molecular flexibility index (Phi) is 5.62. The molecule has 0 aromatic heterocycles. The standard InChI is InChI=1S/C23H24F2N2O2/c24-23(25)16-27(22(28)29-15-18-5-2-1-3-6-18)14-20-8-4-7-19(21(20)23)13-17-9-11-26-12-10-17/h1-8,13,26H,9-12,14-16H2. The van der Waals surface area contributed by atoms with Gasteiger partial charge in [-0.1, -0.05) is 60.2 Å². The summed E-state index contributed by atoms with van der Waals surface area (Å²) in [4.78, 5) is 13.5. The molecule has 4 rings (SSSR count). The first-order valence-electron chi connectivity index (χ1n) is 9.89. The van der Waals surface area contributed by atoms with E-state index in [0.29, 0.717) is 11.1 Å². The Morgan fingerprint density at radius 3 is 2.62 bits per heavy atom. The van der Waals surface area contributed by atoms with Gasteiger partial charge in [0.15, 0.2) is 0 Å². The molecule has 1 saturated heterocycles. The predicted molar refractivity (Wildman–Crippen MR) is 107 cm³/mol. The van der Waals surface area contributed by atoms with Gasteiger partial charge in [-0.05, 0) is 42.6 Å². The molecule has 0 radical (unpaired) electrons. The monoisotopic (exact) mass is 398 g/mol. The van der Waals surface area contributed by atoms with Crippen molar-refractivity contribution in [3.05, 3.63) is 76.4 Å². The molecule has 1 amide bonds. The maximum absolute atomic E-state index is 15.1. The first-order valence-corrected chi connectivity index (χ1v) is 9.89. The smallest absolute Gasteiger partial charge is 0.410 e. The van der Waals surface area contributed by atoms with Gasteiger partial charge in [0.2, 0.25) is 0 Å². The molecule has 2 aromatic rings. The zero-order valence-electron chi connectivity index (χ0n) is 16.2. The van der Waals surface area contributed by atoms with Gasteiger partial charge in [-0.15, -0.1) is 0 Å². The van der Waals surface area contributed by atoms with E-state index in [1.165, 1.54) is 5.57 Å². The minimum atomic E-state index is -3.13. The van der Waals surface area contributed by atoms with Crippen LogP contribution in [0.4, 0.5) is 13.6 Å². The molecule has 152 valence electrons. The van der Waals surface area contributed by atoms with Crippen LogP contribution in [-0.2, 0) is 23.8 Å². The number of nitrogens with one attached hydrogen (secondary N) is 1. The Hall–Kier alpha value is -2.73. The molecular weight excluding hydrogens is 374 g/mol. The van der Waals surface area contributed by atoms with Gasteiger partial charge in [-0.25, -0.2) is 4.79 Å². The molecule has 2 aliphatic heterocycles. The normalized spacial score (nSPS) is 18.1. The molecule has 4 nitrogen and oxygen atoms in total. The van der Waals surface area contributed by atoms with Crippen LogP contribution in [0.1, 0.15) is 35.1 Å². The molecule has 6 heteroatoms. The van der Waals surface area contributed by atoms with Crippen LogP contribution in [0.5, 0.6) is 0 Å². The highest BCUT2D eigenvalue weighted by atomic mass is 19.3. The zero-order chi connectivity index (χ0) is 20.3. The Labute approximate surface area is 169 Å². The summed E-state index contributed by atoms with van der Waals surface area (Å²) in [6.45, 7) is 1.26. The van der Waals surface area contributed by atoms with E-state index < -0.39 is 18.6 Å². The van der Waals surface area contributed by atoms with Crippen LogP contribution in [0.25, 0.3) is 6.08 Å². The van der Waals surface area contributed by atoms with Gasteiger partial charge in [0.1, 0.15) is 6.61 Å². The summed E-state index contributed by atoms with van der Waals surface area (Å²) in [5, 5.41) is 3.27. The number of hydrogen-bond donors (Lipinski definition) is 1. The van der Waals surface area contributed by atoms with Crippen LogP contribution in [0.15, 0.2) is 54.1 Å². The maximum Gasteiger partial charge on any atom is 0.410 e. The lowest BCUT2D eigenvalue weighted by Crippen LogP contribution is -2.44. The molecule has 0 atom stereocenters. The van der Waals surface area contributed by atoms with Gasteiger partial charge in [0, 0.05) is 12.1 Å². The van der Waals surface area contributed by atoms with Gasteiger partial charge >= 0.3 is 6.09 Å². The van der Waals surface area contributed by atoms with E-state index in [0.717, 1.165) is 36.4 Å². The highest BCUT2D eigenvalue weighted by Crippen LogP contribution is 2.40. The van der Waals surface area contributed by atoms with Crippen molar-refractivity contribution in [3.8, 4) is 0 Å². The number of alkyl halides is 2. The van der Waals surface area contributed by atoms with Crippen molar-refractivity contribution >= 4 is 12.2 Å². The number of hydrogen-bond acceptors (Lipinski definition) is 3. The second-order valence-electron chi connectivity index (χ2n) is 7.53. The third-order valence-electron chi connectivity index (χ3n) is 5.37. The number of piperidine rings is 1. The van der Waals surface area contributed by atoms with E-state index >= 15 is 8.78 Å². The summed E-state index contributed by atoms with van der Waals surface area (Å²) in [7, 11) is 0. The minimum absolute atomic E-state index is 0.0399. The fourth-order valence-electron chi connectivity index (χ4n) is 3.95. The molecular formula is C23H24F2N2O2. The van der Waals surface area contributed by atoms with Gasteiger partial charge in [-0.2, -0.15) is 8.78 Å². The van der Waals surface area contributed by atoms with Gasteiger partial charge < -0.3 is 10.1 Å². The predicted octanol–water partition coefficient (Wildman–Crippen LogP) is 4.70. The van der Waals surface area contributed by atoms with E-state index in [1.807, 2.05) is 36.4 Å². The second kappa shape index (κ2) is 8.33. The molecule has 0 saturated carbocycles. The van der Waals surface area contributed by atoms with Crippen LogP contribution in [0.2, 0.25) is 0 Å². The Morgan fingerprint density at radius 2 is 1.86 bits per heavy atom. The Bertz CT molecular complexity index is 904. The Morgan fingerprint density at radius 1 is 1.10 bits per heavy atom. The molecule has 1 N–H and O–H groups in total. The molecule has 2 aromatic carbocycles. The minimum Gasteiger partial charge on any atom is -0.445 e. The number of rotatable bonds is 3. The molecule has 1 fully saturated rings. The van der Waals surface area contributed by atoms with Crippen LogP contribution >= 0.6 is 0 Å². The molecule has 2 heterocycles. The third-order valence-corrected chi connectivity index (χ3v) is 5.37. The number of carbonyl (C=O) groups excluding carboxylic acids is 1. The van der Waals surface area contributed by atoms with Crippen molar-refractivity contribution in [2.45, 2.75) is 31.9 Å². The van der Waals surface area contributed by atoms with Crippen LogP contribution in [0.3, 0.4) is 0 Å². The van der Waals surface area contributed by atoms with E-state index in [4.69, 9.17) is 4.74 Å². The molecule has 0 spiro atoms. The van der Waals surface area contributed by atoms with E-state index in [2.05, 4.69) is 5.32 Å². The highest BCUT2D eigenvalue weighted by molar-refractivity contribution is 5.69. The largest absolute Gasteiger partial charge is 0.445 e. The summed E-state index contributed by atoms with van der Waals surface area (Å²) in [5.74, 6) is -3.13. The number of fused-ring (bicyclic) bond motifs is 1. The molecule has 0 aliphatic carbocycles. The lowest BCUT2D eigenvalue weighted by molar-refractivity contribution is -0.0505. The first kappa shape index (κ1) is 19.6. The summed E-state index contributed by atoms with van der Waals surface area (Å²) in [6, 6.07) is 14.4. The summed E-state index contributed by atoms with van der Waals surface area (Å²) >= 11 is 0. The SMILES string of the molecule is O=C(OCc1ccccc1)N1Cc2cccc(C=C3CCNCC3)c2C(F)(F)C1. The van der Waals surface area contributed by atoms with Gasteiger partial charge in [0.05, 0.1) is 6.54 Å². The third kappa shape index (κ3) is 4.48. The van der Waals surface area contributed by atoms with Gasteiger partial charge in [-0.3, -0.25) is 4.90 Å². The second-order valence-corrected chi connectivity index (χ2v) is 7.53. The fraction of sp³-hybridized carbons (Fsp3) is 0.348. The van der Waals surface area contributed by atoms with Crippen molar-refractivity contribution in [2.24, 2.45) is 0 Å². The number of halogens is 2. The van der Waals surface area contributed by atoms with Crippen LogP contribution in [0, 0.1) is 0 Å². The zero-order valence-corrected chi connectivity index (χ0v) is 16.2. The summed E-state index contributed by atoms with van der Waals surface area (Å²) in [5.41, 5.74) is 3.07. The van der Waals surface area contributed by atoms with Crippen molar-refractivity contribution < 1.29 is 18.3 Å². The first-order chi connectivity index (χ1) is 14.0. The topological polar surface area (TPSA) is 41.6 Å². The number of benzene rings is 2. The molecule has 2 aliphatic rings. The lowest BCUT2D eigenvalue weighted by atomic mass is 9.90. The summed E-state index contributed by atoms with van der Waals surface area (Å²) in [6.07, 6.45) is 2.92. The average Bonchev–Trinajstić information content (AvgIpc) is 2.73. The van der Waals surface area contributed by atoms with E-state index in [-0.39, 0.29) is 18.7 Å². The molecule has 29 heavy (non-hydrogen) atoms. The number of ether oxygens (including phenoxy) is 1. The Balaban J connectivity index is 1.53. The number of carbonyl (C=O) groups is 1. The average molecular weight is 398 g/mol. The quantitative estimate of drug-likeness (QED) is 0.815. The maximum atomic E-state index is 15.1. The van der Waals surface area contributed by atoms with Crippen LogP contribution < -0.4 is 5.32 Å². The van der Waals surface area contributed by atoms with Gasteiger partial charge in [0.25, 0.3) is 5.92 Å². The van der Waals surface area contributed by atoms with Crippen LogP contribution in [-0.4, -0.2) is 30.6 Å². The van der Waals surface area contributed by atoms with E-state index in [9.17, 15) is 4.79 Å². The van der Waals surface area contributed by atoms with E-state index in [1.54, 1.807) is 18.2 Å². The number of amides is 1. The lowest BCUT2D eigenvalue weighted by Gasteiger charge is -2.35. The van der Waals surface area contributed by atoms with Crippen molar-refractivity contribution in [1.29, 1.82) is 0 Å².